The molecule has 0 aromatic carbocycles. The largest absolute Gasteiger partial charge is 0.433 e. The maximum Gasteiger partial charge on any atom is 0.433 e. The number of hydrogen-bond donors (Lipinski definition) is 1. The summed E-state index contributed by atoms with van der Waals surface area (Å²) in [6.07, 6.45) is 0.858. The van der Waals surface area contributed by atoms with E-state index in [9.17, 15) is 21.6 Å². The molecule has 0 amide bonds. The van der Waals surface area contributed by atoms with Crippen molar-refractivity contribution in [3.63, 3.8) is 0 Å². The van der Waals surface area contributed by atoms with Crippen LogP contribution in [0.5, 0.6) is 0 Å². The number of fused-ring (bicyclic) bond motifs is 1. The van der Waals surface area contributed by atoms with Gasteiger partial charge in [-0.1, -0.05) is 0 Å². The molecular weight excluding hydrogens is 345 g/mol. The second kappa shape index (κ2) is 6.17. The van der Waals surface area contributed by atoms with E-state index in [0.717, 1.165) is 37.7 Å². The number of alkyl halides is 3. The van der Waals surface area contributed by atoms with Crippen LogP contribution in [0.4, 0.5) is 13.2 Å². The average molecular weight is 360 g/mol. The van der Waals surface area contributed by atoms with E-state index in [1.165, 1.54) is 0 Å². The molecule has 2 aromatic rings. The van der Waals surface area contributed by atoms with Gasteiger partial charge in [0.1, 0.15) is 16.4 Å². The minimum atomic E-state index is -4.61. The van der Waals surface area contributed by atoms with Crippen molar-refractivity contribution >= 4 is 10.0 Å². The van der Waals surface area contributed by atoms with Crippen molar-refractivity contribution < 1.29 is 21.6 Å². The van der Waals surface area contributed by atoms with Gasteiger partial charge < -0.3 is 4.57 Å². The second-order valence-corrected chi connectivity index (χ2v) is 7.27. The number of sulfonamides is 1. The highest BCUT2D eigenvalue weighted by molar-refractivity contribution is 7.89. The normalized spacial score (nSPS) is 15.3. The molecule has 1 aliphatic rings. The zero-order chi connectivity index (χ0) is 17.4. The lowest BCUT2D eigenvalue weighted by Crippen LogP contribution is -2.24. The fourth-order valence-electron chi connectivity index (χ4n) is 2.52. The van der Waals surface area contributed by atoms with Crippen molar-refractivity contribution in [2.24, 2.45) is 0 Å². The molecule has 0 saturated carbocycles. The Kier molecular flexibility index (Phi) is 4.35. The first-order chi connectivity index (χ1) is 11.3. The molecule has 3 rings (SSSR count). The van der Waals surface area contributed by atoms with Crippen LogP contribution < -0.4 is 4.72 Å². The van der Waals surface area contributed by atoms with Crippen molar-refractivity contribution in [1.82, 2.24) is 19.3 Å². The molecule has 130 valence electrons. The summed E-state index contributed by atoms with van der Waals surface area (Å²) in [4.78, 5) is 7.21. The molecule has 1 N–H and O–H groups in total. The predicted molar refractivity (Wildman–Crippen MR) is 78.4 cm³/mol. The molecular formula is C14H15F3N4O2S. The Balaban J connectivity index is 1.70. The number of hydrogen-bond acceptors (Lipinski definition) is 4. The van der Waals surface area contributed by atoms with Crippen LogP contribution in [0.3, 0.4) is 0 Å². The van der Waals surface area contributed by atoms with Gasteiger partial charge in [0.05, 0.1) is 12.2 Å². The molecule has 0 saturated heterocycles. The number of nitrogens with zero attached hydrogens (tertiary/aromatic N) is 3. The molecule has 3 heterocycles. The van der Waals surface area contributed by atoms with E-state index in [0.29, 0.717) is 18.0 Å². The van der Waals surface area contributed by atoms with E-state index >= 15 is 0 Å². The summed E-state index contributed by atoms with van der Waals surface area (Å²) in [5.41, 5.74) is -0.557. The number of halogens is 3. The molecule has 6 nitrogen and oxygen atoms in total. The third-order valence-corrected chi connectivity index (χ3v) is 5.13. The van der Waals surface area contributed by atoms with E-state index in [4.69, 9.17) is 0 Å². The molecule has 24 heavy (non-hydrogen) atoms. The van der Waals surface area contributed by atoms with Gasteiger partial charge >= 0.3 is 6.18 Å². The standard InChI is InChI=1S/C14H15F3N4O2S/c15-14(16,17)12-5-4-11(8-18-12)24(22,23)19-7-10-9-21-6-2-1-3-13(21)20-10/h4-5,8-9,19H,1-3,6-7H2. The van der Waals surface area contributed by atoms with Crippen LogP contribution in [0, 0.1) is 0 Å². The van der Waals surface area contributed by atoms with Crippen LogP contribution in [0.1, 0.15) is 30.1 Å². The third-order valence-electron chi connectivity index (χ3n) is 3.74. The summed E-state index contributed by atoms with van der Waals surface area (Å²) in [6.45, 7) is 0.835. The topological polar surface area (TPSA) is 76.9 Å². The van der Waals surface area contributed by atoms with Crippen molar-refractivity contribution in [2.75, 3.05) is 0 Å². The van der Waals surface area contributed by atoms with Crippen LogP contribution in [0.25, 0.3) is 0 Å². The first kappa shape index (κ1) is 16.9. The van der Waals surface area contributed by atoms with Gasteiger partial charge in [-0.2, -0.15) is 13.2 Å². The maximum absolute atomic E-state index is 12.5. The summed E-state index contributed by atoms with van der Waals surface area (Å²) in [6, 6.07) is 1.53. The zero-order valence-corrected chi connectivity index (χ0v) is 13.4. The Hall–Kier alpha value is -1.94. The highest BCUT2D eigenvalue weighted by Gasteiger charge is 2.32. The minimum Gasteiger partial charge on any atom is -0.335 e. The van der Waals surface area contributed by atoms with E-state index < -0.39 is 21.9 Å². The number of aryl methyl sites for hydroxylation is 2. The van der Waals surface area contributed by atoms with Crippen LogP contribution in [0.2, 0.25) is 0 Å². The average Bonchev–Trinajstić information content (AvgIpc) is 2.95. The van der Waals surface area contributed by atoms with E-state index in [1.807, 2.05) is 4.57 Å². The third kappa shape index (κ3) is 3.59. The van der Waals surface area contributed by atoms with E-state index in [-0.39, 0.29) is 11.4 Å². The van der Waals surface area contributed by atoms with Crippen molar-refractivity contribution in [3.05, 3.63) is 41.7 Å². The molecule has 0 atom stereocenters. The van der Waals surface area contributed by atoms with Gasteiger partial charge in [-0.3, -0.25) is 4.98 Å². The van der Waals surface area contributed by atoms with Gasteiger partial charge in [-0.05, 0) is 25.0 Å². The van der Waals surface area contributed by atoms with Crippen LogP contribution in [-0.4, -0.2) is 23.0 Å². The van der Waals surface area contributed by atoms with Gasteiger partial charge in [0.25, 0.3) is 0 Å². The quantitative estimate of drug-likeness (QED) is 0.906. The number of imidazole rings is 1. The van der Waals surface area contributed by atoms with Crippen molar-refractivity contribution in [2.45, 2.75) is 43.4 Å². The van der Waals surface area contributed by atoms with E-state index in [2.05, 4.69) is 14.7 Å². The molecule has 0 aliphatic carbocycles. The van der Waals surface area contributed by atoms with E-state index in [1.54, 1.807) is 6.20 Å². The smallest absolute Gasteiger partial charge is 0.335 e. The summed E-state index contributed by atoms with van der Waals surface area (Å²) < 4.78 is 66.0. The Morgan fingerprint density at radius 3 is 2.67 bits per heavy atom. The molecule has 0 fully saturated rings. The number of aromatic nitrogens is 3. The minimum absolute atomic E-state index is 0.0244. The number of nitrogens with one attached hydrogen (secondary N) is 1. The maximum atomic E-state index is 12.5. The van der Waals surface area contributed by atoms with Gasteiger partial charge in [0, 0.05) is 25.4 Å². The van der Waals surface area contributed by atoms with Crippen LogP contribution in [0.15, 0.2) is 29.4 Å². The molecule has 2 aromatic heterocycles. The lowest BCUT2D eigenvalue weighted by atomic mass is 10.2. The van der Waals surface area contributed by atoms with Crippen molar-refractivity contribution in [3.8, 4) is 0 Å². The lowest BCUT2D eigenvalue weighted by Gasteiger charge is -2.11. The fourth-order valence-corrected chi connectivity index (χ4v) is 3.46. The monoisotopic (exact) mass is 360 g/mol. The number of rotatable bonds is 4. The van der Waals surface area contributed by atoms with Crippen LogP contribution in [-0.2, 0) is 35.7 Å². The first-order valence-electron chi connectivity index (χ1n) is 7.33. The fraction of sp³-hybridized carbons (Fsp3) is 0.429. The molecule has 0 bridgehead atoms. The Bertz CT molecular complexity index is 805. The SMILES string of the molecule is O=S(=O)(NCc1cn2c(n1)CCCC2)c1ccc(C(F)(F)F)nc1. The summed E-state index contributed by atoms with van der Waals surface area (Å²) in [5.74, 6) is 0.923. The highest BCUT2D eigenvalue weighted by atomic mass is 32.2. The first-order valence-corrected chi connectivity index (χ1v) is 8.82. The summed E-state index contributed by atoms with van der Waals surface area (Å²) in [5, 5.41) is 0. The van der Waals surface area contributed by atoms with Gasteiger partial charge in [-0.25, -0.2) is 18.1 Å². The molecule has 0 radical (unpaired) electrons. The molecule has 0 spiro atoms. The highest BCUT2D eigenvalue weighted by Crippen LogP contribution is 2.27. The van der Waals surface area contributed by atoms with Gasteiger partial charge in [-0.15, -0.1) is 0 Å². The summed E-state index contributed by atoms with van der Waals surface area (Å²) in [7, 11) is -3.95. The Morgan fingerprint density at radius 2 is 2.04 bits per heavy atom. The second-order valence-electron chi connectivity index (χ2n) is 5.50. The molecule has 0 unspecified atom stereocenters. The number of pyridine rings is 1. The Morgan fingerprint density at radius 1 is 1.25 bits per heavy atom. The lowest BCUT2D eigenvalue weighted by molar-refractivity contribution is -0.141. The molecule has 10 heteroatoms. The zero-order valence-electron chi connectivity index (χ0n) is 12.5. The predicted octanol–water partition coefficient (Wildman–Crippen LogP) is 2.11. The summed E-state index contributed by atoms with van der Waals surface area (Å²) >= 11 is 0. The molecule has 1 aliphatic heterocycles. The van der Waals surface area contributed by atoms with Gasteiger partial charge in [0.15, 0.2) is 0 Å². The Labute approximate surface area is 136 Å². The van der Waals surface area contributed by atoms with Crippen LogP contribution >= 0.6 is 0 Å². The van der Waals surface area contributed by atoms with Crippen molar-refractivity contribution in [1.29, 1.82) is 0 Å². The van der Waals surface area contributed by atoms with Gasteiger partial charge in [0.2, 0.25) is 10.0 Å².